The molecule has 0 radical (unpaired) electrons. The van der Waals surface area contributed by atoms with Crippen LogP contribution in [0.25, 0.3) is 0 Å². The van der Waals surface area contributed by atoms with Crippen LogP contribution in [0.3, 0.4) is 0 Å². The van der Waals surface area contributed by atoms with Crippen LogP contribution in [0.15, 0.2) is 29.4 Å². The van der Waals surface area contributed by atoms with Crippen molar-refractivity contribution in [1.82, 2.24) is 14.3 Å². The van der Waals surface area contributed by atoms with Crippen molar-refractivity contribution >= 4 is 27.7 Å². The number of aliphatic imine (C=N–C) groups is 1. The van der Waals surface area contributed by atoms with Gasteiger partial charge >= 0.3 is 6.29 Å². The summed E-state index contributed by atoms with van der Waals surface area (Å²) in [5.41, 5.74) is 2.20. The molecule has 4 heterocycles. The van der Waals surface area contributed by atoms with Crippen LogP contribution in [0, 0.1) is 5.82 Å². The quantitative estimate of drug-likeness (QED) is 0.602. The molecular weight excluding hydrogens is 476 g/mol. The zero-order valence-electron chi connectivity index (χ0n) is 16.6. The van der Waals surface area contributed by atoms with E-state index in [-0.39, 0.29) is 17.3 Å². The molecule has 1 amide bonds. The van der Waals surface area contributed by atoms with Gasteiger partial charge in [0.2, 0.25) is 16.0 Å². The Hall–Kier alpha value is -3.69. The maximum Gasteiger partial charge on any atom is 0.586 e. The first kappa shape index (κ1) is 22.5. The van der Waals surface area contributed by atoms with E-state index in [1.807, 2.05) is 0 Å². The summed E-state index contributed by atoms with van der Waals surface area (Å²) in [6.45, 7) is -1.46. The zero-order chi connectivity index (χ0) is 24.2. The first-order valence-corrected chi connectivity index (χ1v) is 10.6. The fourth-order valence-electron chi connectivity index (χ4n) is 3.12. The monoisotopic (exact) mass is 490 g/mol. The van der Waals surface area contributed by atoms with Gasteiger partial charge in [-0.1, -0.05) is 0 Å². The van der Waals surface area contributed by atoms with E-state index in [0.717, 1.165) is 31.4 Å². The van der Waals surface area contributed by atoms with Crippen LogP contribution in [0.5, 0.6) is 11.5 Å². The van der Waals surface area contributed by atoms with Crippen LogP contribution >= 0.6 is 0 Å². The Balaban J connectivity index is 1.65. The number of amides is 1. The van der Waals surface area contributed by atoms with Gasteiger partial charge in [0, 0.05) is 13.1 Å². The molecule has 2 aromatic heterocycles. The number of pyridine rings is 2. The summed E-state index contributed by atoms with van der Waals surface area (Å²) in [6.07, 6.45) is -3.07. The van der Waals surface area contributed by atoms with Gasteiger partial charge in [-0.2, -0.15) is 0 Å². The van der Waals surface area contributed by atoms with E-state index in [4.69, 9.17) is 5.73 Å². The highest BCUT2D eigenvalue weighted by Gasteiger charge is 2.47. The summed E-state index contributed by atoms with van der Waals surface area (Å²) in [5.74, 6) is -4.74. The molecule has 0 bridgehead atoms. The summed E-state index contributed by atoms with van der Waals surface area (Å²) in [5, 5.41) is 2.23. The number of halogens is 4. The molecule has 33 heavy (non-hydrogen) atoms. The minimum absolute atomic E-state index is 0.320. The van der Waals surface area contributed by atoms with Crippen molar-refractivity contribution in [3.05, 3.63) is 41.6 Å². The molecule has 0 fully saturated rings. The second kappa shape index (κ2) is 7.43. The average Bonchev–Trinajstić information content (AvgIpc) is 3.05. The fourth-order valence-corrected chi connectivity index (χ4v) is 4.52. The first-order chi connectivity index (χ1) is 15.4. The van der Waals surface area contributed by atoms with Crippen LogP contribution in [0.2, 0.25) is 0 Å². The average molecular weight is 490 g/mol. The minimum atomic E-state index is -4.14. The molecule has 2 aromatic rings. The first-order valence-electron chi connectivity index (χ1n) is 8.98. The number of guanidine groups is 1. The second-order valence-electron chi connectivity index (χ2n) is 7.02. The Bertz CT molecular complexity index is 1290. The smallest absolute Gasteiger partial charge is 0.395 e. The van der Waals surface area contributed by atoms with E-state index in [0.29, 0.717) is 4.31 Å². The lowest BCUT2D eigenvalue weighted by molar-refractivity contribution is -0.286. The number of aromatic nitrogens is 2. The van der Waals surface area contributed by atoms with Gasteiger partial charge in [-0.15, -0.1) is 8.78 Å². The molecule has 0 spiro atoms. The van der Waals surface area contributed by atoms with Crippen LogP contribution in [-0.2, 0) is 15.6 Å². The molecule has 176 valence electrons. The van der Waals surface area contributed by atoms with Gasteiger partial charge in [0.15, 0.2) is 17.0 Å². The number of carbonyl (C=O) groups excluding carboxylic acids is 1. The standard InChI is InChI=1S/C17H14F4N6O5S/c1-27-15(22)26-16(6-18,7-33(27,29)30)13-8(19)2-3-12(24-13)25-14(28)9-4-10-11(5-23-9)32-17(20,21)31-10/h2-5H,6-7H2,1H3,(H2,22,26)(H,24,25,28)/t16-/m0/s1. The summed E-state index contributed by atoms with van der Waals surface area (Å²) < 4.78 is 88.6. The summed E-state index contributed by atoms with van der Waals surface area (Å²) in [6, 6.07) is 2.72. The van der Waals surface area contributed by atoms with Gasteiger partial charge < -0.3 is 20.5 Å². The van der Waals surface area contributed by atoms with Gasteiger partial charge in [-0.25, -0.2) is 36.5 Å². The lowest BCUT2D eigenvalue weighted by Crippen LogP contribution is -2.52. The molecule has 4 rings (SSSR count). The molecule has 0 aromatic carbocycles. The third-order valence-electron chi connectivity index (χ3n) is 4.76. The number of alkyl halides is 3. The Morgan fingerprint density at radius 3 is 2.67 bits per heavy atom. The van der Waals surface area contributed by atoms with Crippen LogP contribution in [0.1, 0.15) is 16.2 Å². The molecular formula is C17H14F4N6O5S. The third kappa shape index (κ3) is 3.96. The second-order valence-corrected chi connectivity index (χ2v) is 9.02. The number of hydrogen-bond donors (Lipinski definition) is 2. The summed E-state index contributed by atoms with van der Waals surface area (Å²) in [4.78, 5) is 23.8. The number of rotatable bonds is 4. The number of nitrogens with zero attached hydrogens (tertiary/aromatic N) is 4. The number of anilines is 1. The molecule has 0 unspecified atom stereocenters. The fraction of sp³-hybridized carbons (Fsp3) is 0.294. The maximum atomic E-state index is 14.6. The van der Waals surface area contributed by atoms with Crippen molar-refractivity contribution in [1.29, 1.82) is 0 Å². The molecule has 2 aliphatic heterocycles. The molecule has 0 saturated carbocycles. The van der Waals surface area contributed by atoms with Gasteiger partial charge in [0.25, 0.3) is 5.91 Å². The Kier molecular flexibility index (Phi) is 5.07. The third-order valence-corrected chi connectivity index (χ3v) is 6.62. The van der Waals surface area contributed by atoms with Crippen LogP contribution in [0.4, 0.5) is 23.4 Å². The van der Waals surface area contributed by atoms with Gasteiger partial charge in [-0.05, 0) is 12.1 Å². The van der Waals surface area contributed by atoms with E-state index in [2.05, 4.69) is 29.8 Å². The largest absolute Gasteiger partial charge is 0.586 e. The highest BCUT2D eigenvalue weighted by Crippen LogP contribution is 2.40. The molecule has 0 aliphatic carbocycles. The predicted octanol–water partition coefficient (Wildman–Crippen LogP) is 0.944. The molecule has 11 nitrogen and oxygen atoms in total. The number of hydrogen-bond acceptors (Lipinski definition) is 9. The van der Waals surface area contributed by atoms with Gasteiger partial charge in [0.1, 0.15) is 35.5 Å². The molecule has 3 N–H and O–H groups in total. The highest BCUT2D eigenvalue weighted by molar-refractivity contribution is 7.89. The van der Waals surface area contributed by atoms with E-state index < -0.39 is 63.4 Å². The van der Waals surface area contributed by atoms with Crippen molar-refractivity contribution < 1.29 is 40.2 Å². The number of fused-ring (bicyclic) bond motifs is 1. The Morgan fingerprint density at radius 2 is 2.00 bits per heavy atom. The Labute approximate surface area is 183 Å². The summed E-state index contributed by atoms with van der Waals surface area (Å²) >= 11 is 0. The minimum Gasteiger partial charge on any atom is -0.395 e. The Morgan fingerprint density at radius 1 is 1.30 bits per heavy atom. The van der Waals surface area contributed by atoms with E-state index in [9.17, 15) is 30.8 Å². The molecule has 1 atom stereocenters. The highest BCUT2D eigenvalue weighted by atomic mass is 32.2. The maximum absolute atomic E-state index is 14.6. The van der Waals surface area contributed by atoms with Crippen molar-refractivity contribution in [3.63, 3.8) is 0 Å². The van der Waals surface area contributed by atoms with Crippen molar-refractivity contribution in [3.8, 4) is 11.5 Å². The number of carbonyl (C=O) groups is 1. The van der Waals surface area contributed by atoms with Crippen molar-refractivity contribution in [2.45, 2.75) is 11.8 Å². The molecule has 0 saturated heterocycles. The lowest BCUT2D eigenvalue weighted by Gasteiger charge is -2.34. The lowest BCUT2D eigenvalue weighted by atomic mass is 9.98. The topological polar surface area (TPSA) is 149 Å². The molecule has 2 aliphatic rings. The van der Waals surface area contributed by atoms with Crippen molar-refractivity contribution in [2.24, 2.45) is 10.7 Å². The van der Waals surface area contributed by atoms with Crippen molar-refractivity contribution in [2.75, 3.05) is 24.8 Å². The number of nitrogens with one attached hydrogen (secondary N) is 1. The zero-order valence-corrected chi connectivity index (χ0v) is 17.4. The predicted molar refractivity (Wildman–Crippen MR) is 103 cm³/mol. The van der Waals surface area contributed by atoms with E-state index in [1.54, 1.807) is 0 Å². The van der Waals surface area contributed by atoms with E-state index >= 15 is 0 Å². The van der Waals surface area contributed by atoms with Gasteiger partial charge in [-0.3, -0.25) is 4.79 Å². The van der Waals surface area contributed by atoms with E-state index in [1.165, 1.54) is 0 Å². The molecule has 16 heteroatoms. The number of ether oxygens (including phenoxy) is 2. The summed E-state index contributed by atoms with van der Waals surface area (Å²) in [7, 11) is -3.04. The number of nitrogens with two attached hydrogens (primary N) is 1. The number of sulfonamides is 1. The van der Waals surface area contributed by atoms with Gasteiger partial charge in [0.05, 0.1) is 6.20 Å². The van der Waals surface area contributed by atoms with Crippen LogP contribution < -0.4 is 20.5 Å². The SMILES string of the molecule is CN1C(N)=N[C@](CF)(c2nc(NC(=O)c3cc4c(cn3)OC(F)(F)O4)ccc2F)CS1(=O)=O. The normalized spacial score (nSPS) is 22.6. The van der Waals surface area contributed by atoms with Crippen LogP contribution in [-0.4, -0.2) is 60.3 Å².